The van der Waals surface area contributed by atoms with Crippen LogP contribution in [-0.2, 0) is 13.0 Å². The van der Waals surface area contributed by atoms with Crippen molar-refractivity contribution >= 4 is 43.9 Å². The van der Waals surface area contributed by atoms with Gasteiger partial charge in [-0.2, -0.15) is 0 Å². The Labute approximate surface area is 521 Å². The molecule has 0 aliphatic carbocycles. The van der Waals surface area contributed by atoms with E-state index in [1.165, 1.54) is 65.5 Å². The SMILES string of the molecule is Cc1ccc(-c2coc3c(C)c(O)c(CC(C)N)cc3c2=O)cc1C.Cc1ccc(-c2coc3c(C)c(O)ccc3c2=O)cc1C.Cc1ccc(-c2coc3c(CN(C)C)c(O)ccc3c2=O)cc1C.Cc1ccc(-c2coc3cc(O)ccc3c2=O)cc1C. The van der Waals surface area contributed by atoms with Crippen molar-refractivity contribution in [1.82, 2.24) is 4.90 Å². The Morgan fingerprint density at radius 1 is 0.411 bits per heavy atom. The van der Waals surface area contributed by atoms with Crippen molar-refractivity contribution in [1.29, 1.82) is 0 Å². The second kappa shape index (κ2) is 26.6. The van der Waals surface area contributed by atoms with Crippen LogP contribution in [0, 0.1) is 69.2 Å². The first-order valence-electron chi connectivity index (χ1n) is 29.5. The third-order valence-electron chi connectivity index (χ3n) is 16.6. The lowest BCUT2D eigenvalue weighted by Crippen LogP contribution is -2.18. The molecule has 12 aromatic rings. The zero-order chi connectivity index (χ0) is 65.2. The van der Waals surface area contributed by atoms with E-state index in [0.29, 0.717) is 101 Å². The molecular formula is C76H74N2O12. The van der Waals surface area contributed by atoms with Crippen LogP contribution in [0.3, 0.4) is 0 Å². The molecule has 460 valence electrons. The molecule has 4 heterocycles. The van der Waals surface area contributed by atoms with Gasteiger partial charge in [-0.15, -0.1) is 0 Å². The third kappa shape index (κ3) is 13.4. The Morgan fingerprint density at radius 2 is 0.789 bits per heavy atom. The number of nitrogens with zero attached hydrogens (tertiary/aromatic N) is 1. The highest BCUT2D eigenvalue weighted by Crippen LogP contribution is 2.34. The number of rotatable bonds is 8. The maximum absolute atomic E-state index is 13.1. The van der Waals surface area contributed by atoms with E-state index in [1.54, 1.807) is 44.2 Å². The molecule has 0 radical (unpaired) electrons. The maximum Gasteiger partial charge on any atom is 0.200 e. The molecule has 8 aromatic carbocycles. The quantitative estimate of drug-likeness (QED) is 0.0953. The summed E-state index contributed by atoms with van der Waals surface area (Å²) in [5.41, 5.74) is 24.4. The van der Waals surface area contributed by atoms with E-state index in [0.717, 1.165) is 44.5 Å². The maximum atomic E-state index is 13.1. The van der Waals surface area contributed by atoms with Crippen molar-refractivity contribution < 1.29 is 38.1 Å². The van der Waals surface area contributed by atoms with Crippen LogP contribution in [0.5, 0.6) is 23.0 Å². The van der Waals surface area contributed by atoms with E-state index >= 15 is 0 Å². The van der Waals surface area contributed by atoms with E-state index in [-0.39, 0.29) is 50.8 Å². The van der Waals surface area contributed by atoms with Crippen molar-refractivity contribution in [2.24, 2.45) is 5.73 Å². The summed E-state index contributed by atoms with van der Waals surface area (Å²) in [5, 5.41) is 41.5. The molecule has 0 saturated carbocycles. The van der Waals surface area contributed by atoms with Crippen molar-refractivity contribution in [3.8, 4) is 67.5 Å². The van der Waals surface area contributed by atoms with Gasteiger partial charge in [0.25, 0.3) is 0 Å². The normalized spacial score (nSPS) is 11.5. The van der Waals surface area contributed by atoms with Crippen LogP contribution in [0.4, 0.5) is 0 Å². The number of phenolic OH excluding ortho intramolecular Hbond substituents is 4. The molecule has 0 spiro atoms. The predicted molar refractivity (Wildman–Crippen MR) is 360 cm³/mol. The molecule has 14 nitrogen and oxygen atoms in total. The molecule has 1 unspecified atom stereocenters. The first-order chi connectivity index (χ1) is 42.7. The summed E-state index contributed by atoms with van der Waals surface area (Å²) in [6.45, 7) is 22.1. The summed E-state index contributed by atoms with van der Waals surface area (Å²) >= 11 is 0. The van der Waals surface area contributed by atoms with Gasteiger partial charge in [-0.1, -0.05) is 72.8 Å². The second-order valence-electron chi connectivity index (χ2n) is 23.6. The minimum absolute atomic E-state index is 0.0809. The molecule has 0 amide bonds. The van der Waals surface area contributed by atoms with Gasteiger partial charge in [0.05, 0.1) is 49.4 Å². The summed E-state index contributed by atoms with van der Waals surface area (Å²) in [7, 11) is 3.81. The highest BCUT2D eigenvalue weighted by Gasteiger charge is 2.20. The summed E-state index contributed by atoms with van der Waals surface area (Å²) < 4.78 is 22.6. The molecule has 0 bridgehead atoms. The first kappa shape index (κ1) is 64.2. The zero-order valence-electron chi connectivity index (χ0n) is 52.9. The minimum Gasteiger partial charge on any atom is -0.508 e. The Kier molecular flexibility index (Phi) is 19.0. The van der Waals surface area contributed by atoms with Gasteiger partial charge in [-0.25, -0.2) is 0 Å². The van der Waals surface area contributed by atoms with Gasteiger partial charge >= 0.3 is 0 Å². The van der Waals surface area contributed by atoms with Gasteiger partial charge in [0.1, 0.15) is 70.4 Å². The van der Waals surface area contributed by atoms with Crippen LogP contribution in [0.15, 0.2) is 183 Å². The van der Waals surface area contributed by atoms with Crippen LogP contribution in [0.25, 0.3) is 88.4 Å². The van der Waals surface area contributed by atoms with Gasteiger partial charge in [0.2, 0.25) is 16.3 Å². The van der Waals surface area contributed by atoms with E-state index < -0.39 is 0 Å². The van der Waals surface area contributed by atoms with Crippen LogP contribution >= 0.6 is 0 Å². The molecule has 6 N–H and O–H groups in total. The number of aryl methyl sites for hydroxylation is 10. The number of phenols is 4. The topological polar surface area (TPSA) is 231 Å². The molecule has 14 heteroatoms. The lowest BCUT2D eigenvalue weighted by Gasteiger charge is -2.13. The third-order valence-corrected chi connectivity index (χ3v) is 16.6. The summed E-state index contributed by atoms with van der Waals surface area (Å²) in [6.07, 6.45) is 6.39. The summed E-state index contributed by atoms with van der Waals surface area (Å²) in [6, 6.07) is 36.1. The fraction of sp³-hybridized carbons (Fsp3) is 0.211. The van der Waals surface area contributed by atoms with Gasteiger partial charge < -0.3 is 48.7 Å². The lowest BCUT2D eigenvalue weighted by molar-refractivity contribution is 0.384. The Balaban J connectivity index is 0.000000143. The van der Waals surface area contributed by atoms with Crippen LogP contribution in [0.1, 0.15) is 73.7 Å². The number of hydrogen-bond donors (Lipinski definition) is 5. The van der Waals surface area contributed by atoms with Gasteiger partial charge in [0.15, 0.2) is 5.43 Å². The van der Waals surface area contributed by atoms with E-state index in [2.05, 4.69) is 0 Å². The van der Waals surface area contributed by atoms with Crippen molar-refractivity contribution in [2.75, 3.05) is 14.1 Å². The largest absolute Gasteiger partial charge is 0.508 e. The number of hydrogen-bond acceptors (Lipinski definition) is 14. The van der Waals surface area contributed by atoms with E-state index in [1.807, 2.05) is 154 Å². The highest BCUT2D eigenvalue weighted by atomic mass is 16.3. The average Bonchev–Trinajstić information content (AvgIpc) is 0.826. The van der Waals surface area contributed by atoms with Crippen molar-refractivity contribution in [3.05, 3.63) is 254 Å². The zero-order valence-corrected chi connectivity index (χ0v) is 52.9. The second-order valence-corrected chi connectivity index (χ2v) is 23.6. The monoisotopic (exact) mass is 1210 g/mol. The lowest BCUT2D eigenvalue weighted by atomic mass is 9.97. The molecule has 0 saturated heterocycles. The number of aromatic hydroxyl groups is 4. The molecule has 4 aromatic heterocycles. The van der Waals surface area contributed by atoms with E-state index in [9.17, 15) is 39.6 Å². The summed E-state index contributed by atoms with van der Waals surface area (Å²) in [5.74, 6) is 0.495. The predicted octanol–water partition coefficient (Wildman–Crippen LogP) is 15.7. The molecular weight excluding hydrogens is 1130 g/mol. The Morgan fingerprint density at radius 3 is 1.22 bits per heavy atom. The average molecular weight is 1210 g/mol. The van der Waals surface area contributed by atoms with E-state index in [4.69, 9.17) is 23.4 Å². The number of fused-ring (bicyclic) bond motifs is 4. The van der Waals surface area contributed by atoms with Gasteiger partial charge in [0, 0.05) is 29.8 Å². The van der Waals surface area contributed by atoms with Gasteiger partial charge in [-0.3, -0.25) is 19.2 Å². The van der Waals surface area contributed by atoms with Crippen LogP contribution in [0.2, 0.25) is 0 Å². The minimum atomic E-state index is -0.113. The molecule has 12 rings (SSSR count). The molecule has 0 aliphatic heterocycles. The molecule has 90 heavy (non-hydrogen) atoms. The highest BCUT2D eigenvalue weighted by molar-refractivity contribution is 5.89. The van der Waals surface area contributed by atoms with Gasteiger partial charge in [-0.05, 0) is 211 Å². The van der Waals surface area contributed by atoms with Crippen molar-refractivity contribution in [3.63, 3.8) is 0 Å². The first-order valence-corrected chi connectivity index (χ1v) is 29.5. The number of benzene rings is 8. The molecule has 1 atom stereocenters. The summed E-state index contributed by atoms with van der Waals surface area (Å²) in [4.78, 5) is 53.0. The standard InChI is InChI=1S/C21H23NO3.C20H21NO3.C18H16O3.C17H14O3/c1-11-5-6-15(7-12(11)2)18-10-25-21-14(4)19(23)16(8-13(3)22)9-17(21)20(18)24;1-12-5-6-14(9-13(12)2)17-11-24-20-15(19(17)23)7-8-18(22)16(20)10-21(3)4;1-10-4-5-13(8-11(10)2)15-9-21-18-12(3)16(19)7-6-14(18)17(15)20;1-10-3-4-12(7-11(10)2)15-9-20-16-8-13(18)5-6-14(16)17(15)19/h5-7,9-10,13,23H,8,22H2,1-4H3;5-9,11,22H,10H2,1-4H3;4-9,19H,1-3H3;3-9,18H,1-2H3. The number of nitrogens with two attached hydrogens (primary N) is 1. The molecule has 0 aliphatic rings. The fourth-order valence-electron chi connectivity index (χ4n) is 10.6. The van der Waals surface area contributed by atoms with Crippen LogP contribution < -0.4 is 27.4 Å². The Bertz CT molecular complexity index is 5010. The smallest absolute Gasteiger partial charge is 0.200 e. The molecule has 0 fully saturated rings. The fourth-order valence-corrected chi connectivity index (χ4v) is 10.6. The van der Waals surface area contributed by atoms with Crippen molar-refractivity contribution in [2.45, 2.75) is 95.2 Å². The van der Waals surface area contributed by atoms with Crippen LogP contribution in [-0.4, -0.2) is 45.5 Å². The Hall–Kier alpha value is -10.3.